The molecule has 2 rings (SSSR count). The van der Waals surface area contributed by atoms with Gasteiger partial charge in [0.25, 0.3) is 0 Å². The third-order valence-corrected chi connectivity index (χ3v) is 3.84. The minimum atomic E-state index is -0.186. The molecule has 0 saturated carbocycles. The first-order chi connectivity index (χ1) is 11.5. The fourth-order valence-electron chi connectivity index (χ4n) is 2.02. The summed E-state index contributed by atoms with van der Waals surface area (Å²) in [5.74, 6) is 2.12. The molecule has 1 heterocycles. The molecule has 0 fully saturated rings. The number of rotatable bonds is 7. The maximum Gasteiger partial charge on any atom is 0.244 e. The van der Waals surface area contributed by atoms with E-state index in [1.807, 2.05) is 49.7 Å². The molecule has 0 saturated heterocycles. The average Bonchev–Trinajstić information content (AvgIpc) is 2.91. The molecule has 6 nitrogen and oxygen atoms in total. The minimum Gasteiger partial charge on any atom is -0.490 e. The Labute approximate surface area is 142 Å². The number of para-hydroxylation sites is 1. The Bertz CT molecular complexity index is 722. The summed E-state index contributed by atoms with van der Waals surface area (Å²) in [4.78, 5) is 12.0. The summed E-state index contributed by atoms with van der Waals surface area (Å²) < 4.78 is 7.72. The zero-order valence-corrected chi connectivity index (χ0v) is 14.6. The minimum absolute atomic E-state index is 0.132. The van der Waals surface area contributed by atoms with Gasteiger partial charge in [-0.15, -0.1) is 10.2 Å². The van der Waals surface area contributed by atoms with Crippen molar-refractivity contribution >= 4 is 12.0 Å². The lowest BCUT2D eigenvalue weighted by Gasteiger charge is -2.14. The second kappa shape index (κ2) is 8.29. The zero-order chi connectivity index (χ0) is 17.5. The molecule has 1 aromatic carbocycles. The number of benzene rings is 1. The van der Waals surface area contributed by atoms with Gasteiger partial charge in [0, 0.05) is 18.7 Å². The van der Waals surface area contributed by atoms with Crippen LogP contribution in [0.1, 0.15) is 37.5 Å². The molecule has 2 aromatic rings. The summed E-state index contributed by atoms with van der Waals surface area (Å²) in [5.41, 5.74) is 0.877. The van der Waals surface area contributed by atoms with E-state index < -0.39 is 0 Å². The Hall–Kier alpha value is -2.63. The Morgan fingerprint density at radius 1 is 1.38 bits per heavy atom. The highest BCUT2D eigenvalue weighted by molar-refractivity contribution is 5.92. The summed E-state index contributed by atoms with van der Waals surface area (Å²) in [6, 6.07) is 7.68. The molecule has 1 atom stereocenters. The Balaban J connectivity index is 1.97. The van der Waals surface area contributed by atoms with Gasteiger partial charge in [0.05, 0.1) is 12.6 Å². The van der Waals surface area contributed by atoms with E-state index in [4.69, 9.17) is 4.74 Å². The Morgan fingerprint density at radius 2 is 2.12 bits per heavy atom. The monoisotopic (exact) mass is 328 g/mol. The van der Waals surface area contributed by atoms with Gasteiger partial charge in [-0.05, 0) is 32.4 Å². The molecular formula is C18H24N4O2. The summed E-state index contributed by atoms with van der Waals surface area (Å²) in [6.45, 7) is 6.30. The zero-order valence-electron chi connectivity index (χ0n) is 14.6. The fraction of sp³-hybridized carbons (Fsp3) is 0.389. The second-order valence-corrected chi connectivity index (χ2v) is 5.65. The number of aromatic nitrogens is 3. The van der Waals surface area contributed by atoms with Crippen LogP contribution in [0.2, 0.25) is 0 Å². The third kappa shape index (κ3) is 4.68. The first kappa shape index (κ1) is 17.7. The van der Waals surface area contributed by atoms with Crippen LogP contribution >= 0.6 is 0 Å². The van der Waals surface area contributed by atoms with Crippen molar-refractivity contribution in [3.8, 4) is 5.75 Å². The highest BCUT2D eigenvalue weighted by atomic mass is 16.5. The van der Waals surface area contributed by atoms with Crippen LogP contribution in [0.15, 0.2) is 30.3 Å². The molecule has 1 aromatic heterocycles. The van der Waals surface area contributed by atoms with E-state index in [2.05, 4.69) is 22.4 Å². The lowest BCUT2D eigenvalue weighted by atomic mass is 10.2. The quantitative estimate of drug-likeness (QED) is 0.793. The number of carbonyl (C=O) groups is 1. The van der Waals surface area contributed by atoms with Crippen LogP contribution in [0.5, 0.6) is 5.75 Å². The van der Waals surface area contributed by atoms with Crippen molar-refractivity contribution in [2.75, 3.05) is 0 Å². The number of amides is 1. The summed E-state index contributed by atoms with van der Waals surface area (Å²) >= 11 is 0. The van der Waals surface area contributed by atoms with E-state index in [1.165, 1.54) is 6.08 Å². The molecule has 1 amide bonds. The van der Waals surface area contributed by atoms with Crippen LogP contribution in [-0.2, 0) is 18.4 Å². The lowest BCUT2D eigenvalue weighted by molar-refractivity contribution is -0.116. The van der Waals surface area contributed by atoms with E-state index in [0.29, 0.717) is 6.54 Å². The van der Waals surface area contributed by atoms with Crippen LogP contribution in [0.4, 0.5) is 0 Å². The average molecular weight is 328 g/mol. The SMILES string of the molecule is CC[C@H](C)Oc1ccccc1/C=C/C(=O)NCc1nnc(C)n1C. The van der Waals surface area contributed by atoms with Crippen LogP contribution in [0.25, 0.3) is 6.08 Å². The number of nitrogens with one attached hydrogen (secondary N) is 1. The van der Waals surface area contributed by atoms with Crippen LogP contribution in [-0.4, -0.2) is 26.8 Å². The van der Waals surface area contributed by atoms with Gasteiger partial charge in [0.15, 0.2) is 5.82 Å². The first-order valence-electron chi connectivity index (χ1n) is 8.07. The Kier molecular flexibility index (Phi) is 6.12. The van der Waals surface area contributed by atoms with Gasteiger partial charge in [0.1, 0.15) is 11.6 Å². The predicted molar refractivity (Wildman–Crippen MR) is 93.4 cm³/mol. The van der Waals surface area contributed by atoms with Crippen molar-refractivity contribution < 1.29 is 9.53 Å². The third-order valence-electron chi connectivity index (χ3n) is 3.84. The fourth-order valence-corrected chi connectivity index (χ4v) is 2.02. The van der Waals surface area contributed by atoms with Crippen LogP contribution in [0, 0.1) is 6.92 Å². The second-order valence-electron chi connectivity index (χ2n) is 5.65. The number of ether oxygens (including phenoxy) is 1. The van der Waals surface area contributed by atoms with E-state index >= 15 is 0 Å². The van der Waals surface area contributed by atoms with Crippen molar-refractivity contribution in [2.45, 2.75) is 39.8 Å². The van der Waals surface area contributed by atoms with Crippen molar-refractivity contribution in [2.24, 2.45) is 7.05 Å². The molecule has 0 aliphatic carbocycles. The molecular weight excluding hydrogens is 304 g/mol. The van der Waals surface area contributed by atoms with Crippen molar-refractivity contribution in [1.29, 1.82) is 0 Å². The highest BCUT2D eigenvalue weighted by Gasteiger charge is 2.07. The van der Waals surface area contributed by atoms with Gasteiger partial charge in [-0.2, -0.15) is 0 Å². The summed E-state index contributed by atoms with van der Waals surface area (Å²) in [5, 5.41) is 10.8. The molecule has 0 aliphatic rings. The number of nitrogens with zero attached hydrogens (tertiary/aromatic N) is 3. The normalized spacial score (nSPS) is 12.3. The van der Waals surface area contributed by atoms with Crippen molar-refractivity contribution in [3.05, 3.63) is 47.6 Å². The van der Waals surface area contributed by atoms with E-state index in [1.54, 1.807) is 6.08 Å². The maximum absolute atomic E-state index is 12.0. The number of hydrogen-bond donors (Lipinski definition) is 1. The van der Waals surface area contributed by atoms with E-state index in [-0.39, 0.29) is 12.0 Å². The molecule has 6 heteroatoms. The van der Waals surface area contributed by atoms with Crippen LogP contribution < -0.4 is 10.1 Å². The predicted octanol–water partition coefficient (Wildman–Crippen LogP) is 2.63. The van der Waals surface area contributed by atoms with Crippen LogP contribution in [0.3, 0.4) is 0 Å². The lowest BCUT2D eigenvalue weighted by Crippen LogP contribution is -2.22. The topological polar surface area (TPSA) is 69.0 Å². The van der Waals surface area contributed by atoms with Gasteiger partial charge in [0.2, 0.25) is 5.91 Å². The van der Waals surface area contributed by atoms with Crippen molar-refractivity contribution in [1.82, 2.24) is 20.1 Å². The molecule has 128 valence electrons. The molecule has 0 spiro atoms. The summed E-state index contributed by atoms with van der Waals surface area (Å²) in [7, 11) is 1.87. The Morgan fingerprint density at radius 3 is 2.79 bits per heavy atom. The largest absolute Gasteiger partial charge is 0.490 e. The van der Waals surface area contributed by atoms with Gasteiger partial charge >= 0.3 is 0 Å². The first-order valence-corrected chi connectivity index (χ1v) is 8.07. The van der Waals surface area contributed by atoms with Gasteiger partial charge < -0.3 is 14.6 Å². The van der Waals surface area contributed by atoms with Crippen molar-refractivity contribution in [3.63, 3.8) is 0 Å². The molecule has 1 N–H and O–H groups in total. The molecule has 0 unspecified atom stereocenters. The molecule has 0 bridgehead atoms. The van der Waals surface area contributed by atoms with E-state index in [0.717, 1.165) is 29.4 Å². The van der Waals surface area contributed by atoms with Gasteiger partial charge in [-0.25, -0.2) is 0 Å². The number of hydrogen-bond acceptors (Lipinski definition) is 4. The summed E-state index contributed by atoms with van der Waals surface area (Å²) in [6.07, 6.45) is 4.32. The van der Waals surface area contributed by atoms with Gasteiger partial charge in [-0.1, -0.05) is 25.1 Å². The molecule has 0 aliphatic heterocycles. The molecule has 24 heavy (non-hydrogen) atoms. The van der Waals surface area contributed by atoms with Gasteiger partial charge in [-0.3, -0.25) is 4.79 Å². The highest BCUT2D eigenvalue weighted by Crippen LogP contribution is 2.21. The molecule has 0 radical (unpaired) electrons. The number of aryl methyl sites for hydroxylation is 1. The maximum atomic E-state index is 12.0. The standard InChI is InChI=1S/C18H24N4O2/c1-5-13(2)24-16-9-7-6-8-15(16)10-11-18(23)19-12-17-21-20-14(3)22(17)4/h6-11,13H,5,12H2,1-4H3,(H,19,23)/b11-10+/t13-/m0/s1. The number of carbonyl (C=O) groups excluding carboxylic acids is 1. The van der Waals surface area contributed by atoms with E-state index in [9.17, 15) is 4.79 Å². The smallest absolute Gasteiger partial charge is 0.244 e.